The number of carbonyl (C=O) groups excluding carboxylic acids is 1. The van der Waals surface area contributed by atoms with E-state index in [2.05, 4.69) is 20.7 Å². The molecule has 0 unspecified atom stereocenters. The number of anilines is 2. The van der Waals surface area contributed by atoms with Crippen molar-refractivity contribution in [3.05, 3.63) is 54.2 Å². The minimum Gasteiger partial charge on any atom is -0.308 e. The lowest BCUT2D eigenvalue weighted by Crippen LogP contribution is -2.20. The Balaban J connectivity index is 1.74. The number of aryl methyl sites for hydroxylation is 1. The fraction of sp³-hybridized carbons (Fsp3) is 0.0714. The molecule has 0 aliphatic rings. The van der Waals surface area contributed by atoms with E-state index in [1.54, 1.807) is 22.8 Å². The van der Waals surface area contributed by atoms with Crippen molar-refractivity contribution in [1.29, 1.82) is 0 Å². The van der Waals surface area contributed by atoms with Crippen molar-refractivity contribution in [2.45, 2.75) is 6.92 Å². The summed E-state index contributed by atoms with van der Waals surface area (Å²) in [6.45, 7) is 1.98. The molecule has 6 nitrogen and oxygen atoms in total. The molecule has 0 aliphatic carbocycles. The predicted molar refractivity (Wildman–Crippen MR) is 76.8 cm³/mol. The maximum absolute atomic E-state index is 11.8. The molecular weight excluding hydrogens is 254 g/mol. The van der Waals surface area contributed by atoms with Crippen molar-refractivity contribution in [3.63, 3.8) is 0 Å². The van der Waals surface area contributed by atoms with Gasteiger partial charge in [0.05, 0.1) is 0 Å². The lowest BCUT2D eigenvalue weighted by Gasteiger charge is -2.03. The third kappa shape index (κ3) is 2.59. The number of nitrogens with zero attached hydrogens (tertiary/aromatic N) is 3. The number of hydrogen-bond acceptors (Lipinski definition) is 3. The van der Waals surface area contributed by atoms with Crippen LogP contribution in [0.15, 0.2) is 48.7 Å². The van der Waals surface area contributed by atoms with Gasteiger partial charge in [-0.1, -0.05) is 18.2 Å². The van der Waals surface area contributed by atoms with Crippen LogP contribution in [0.25, 0.3) is 5.65 Å². The van der Waals surface area contributed by atoms with Gasteiger partial charge in [-0.3, -0.25) is 5.32 Å². The van der Waals surface area contributed by atoms with E-state index in [1.165, 1.54) is 0 Å². The Bertz CT molecular complexity index is 751. The highest BCUT2D eigenvalue weighted by Crippen LogP contribution is 2.09. The first-order chi connectivity index (χ1) is 9.70. The molecule has 0 saturated heterocycles. The molecule has 0 atom stereocenters. The molecule has 2 N–H and O–H groups in total. The predicted octanol–water partition coefficient (Wildman–Crippen LogP) is 2.68. The SMILES string of the molecule is Cc1ccn2nc(NC(=O)Nc3ccccc3)nc2c1. The minimum atomic E-state index is -0.371. The molecule has 0 fully saturated rings. The maximum atomic E-state index is 11.8. The van der Waals surface area contributed by atoms with Gasteiger partial charge in [0.25, 0.3) is 5.95 Å². The normalized spacial score (nSPS) is 10.4. The quantitative estimate of drug-likeness (QED) is 0.749. The average molecular weight is 267 g/mol. The minimum absolute atomic E-state index is 0.268. The van der Waals surface area contributed by atoms with Gasteiger partial charge in [0.15, 0.2) is 5.65 Å². The first-order valence-corrected chi connectivity index (χ1v) is 6.17. The largest absolute Gasteiger partial charge is 0.326 e. The molecule has 0 bridgehead atoms. The number of para-hydroxylation sites is 1. The fourth-order valence-electron chi connectivity index (χ4n) is 1.82. The lowest BCUT2D eigenvalue weighted by atomic mass is 10.3. The van der Waals surface area contributed by atoms with E-state index in [0.717, 1.165) is 5.56 Å². The summed E-state index contributed by atoms with van der Waals surface area (Å²) in [6, 6.07) is 12.6. The van der Waals surface area contributed by atoms with Gasteiger partial charge < -0.3 is 5.32 Å². The van der Waals surface area contributed by atoms with Crippen LogP contribution in [0.4, 0.5) is 16.4 Å². The number of nitrogens with one attached hydrogen (secondary N) is 2. The molecule has 2 aromatic heterocycles. The molecule has 6 heteroatoms. The van der Waals surface area contributed by atoms with Gasteiger partial charge in [-0.25, -0.2) is 9.31 Å². The zero-order valence-corrected chi connectivity index (χ0v) is 10.9. The molecular formula is C14H13N5O. The van der Waals surface area contributed by atoms with Crippen LogP contribution in [0.2, 0.25) is 0 Å². The molecule has 3 rings (SSSR count). The van der Waals surface area contributed by atoms with E-state index >= 15 is 0 Å². The Hall–Kier alpha value is -2.89. The van der Waals surface area contributed by atoms with Crippen LogP contribution >= 0.6 is 0 Å². The summed E-state index contributed by atoms with van der Waals surface area (Å²) in [5, 5.41) is 9.48. The van der Waals surface area contributed by atoms with Crippen molar-refractivity contribution in [1.82, 2.24) is 14.6 Å². The smallest absolute Gasteiger partial charge is 0.308 e. The van der Waals surface area contributed by atoms with Crippen LogP contribution in [-0.2, 0) is 0 Å². The fourth-order valence-corrected chi connectivity index (χ4v) is 1.82. The van der Waals surface area contributed by atoms with Gasteiger partial charge >= 0.3 is 6.03 Å². The van der Waals surface area contributed by atoms with E-state index in [-0.39, 0.29) is 12.0 Å². The number of pyridine rings is 1. The van der Waals surface area contributed by atoms with Crippen LogP contribution in [0.1, 0.15) is 5.56 Å². The Morgan fingerprint density at radius 1 is 1.15 bits per heavy atom. The first-order valence-electron chi connectivity index (χ1n) is 6.17. The van der Waals surface area contributed by atoms with Crippen molar-refractivity contribution in [2.75, 3.05) is 10.6 Å². The number of aromatic nitrogens is 3. The van der Waals surface area contributed by atoms with E-state index in [0.29, 0.717) is 11.3 Å². The Labute approximate surface area is 115 Å². The van der Waals surface area contributed by atoms with Crippen molar-refractivity contribution in [2.24, 2.45) is 0 Å². The number of benzene rings is 1. The van der Waals surface area contributed by atoms with Crippen LogP contribution in [0.5, 0.6) is 0 Å². The molecule has 0 spiro atoms. The molecule has 3 aromatic rings. The summed E-state index contributed by atoms with van der Waals surface area (Å²) in [7, 11) is 0. The summed E-state index contributed by atoms with van der Waals surface area (Å²) in [6.07, 6.45) is 1.80. The second-order valence-corrected chi connectivity index (χ2v) is 4.39. The van der Waals surface area contributed by atoms with E-state index in [1.807, 2.05) is 37.3 Å². The monoisotopic (exact) mass is 267 g/mol. The third-order valence-corrected chi connectivity index (χ3v) is 2.75. The molecule has 1 aromatic carbocycles. The molecule has 100 valence electrons. The van der Waals surface area contributed by atoms with Gasteiger partial charge in [0, 0.05) is 11.9 Å². The highest BCUT2D eigenvalue weighted by Gasteiger charge is 2.07. The van der Waals surface area contributed by atoms with Gasteiger partial charge in [-0.2, -0.15) is 4.98 Å². The highest BCUT2D eigenvalue weighted by atomic mass is 16.2. The zero-order valence-electron chi connectivity index (χ0n) is 10.9. The first kappa shape index (κ1) is 12.2. The zero-order chi connectivity index (χ0) is 13.9. The van der Waals surface area contributed by atoms with E-state index in [4.69, 9.17) is 0 Å². The number of amides is 2. The number of hydrogen-bond donors (Lipinski definition) is 2. The summed E-state index contributed by atoms with van der Waals surface area (Å²) in [5.41, 5.74) is 2.50. The topological polar surface area (TPSA) is 71.3 Å². The number of carbonyl (C=O) groups is 1. The van der Waals surface area contributed by atoms with Gasteiger partial charge in [-0.05, 0) is 36.8 Å². The van der Waals surface area contributed by atoms with Crippen molar-refractivity contribution < 1.29 is 4.79 Å². The molecule has 20 heavy (non-hydrogen) atoms. The Kier molecular flexibility index (Phi) is 3.04. The second kappa shape index (κ2) is 5.00. The average Bonchev–Trinajstić information content (AvgIpc) is 2.80. The Morgan fingerprint density at radius 3 is 2.75 bits per heavy atom. The highest BCUT2D eigenvalue weighted by molar-refractivity contribution is 5.98. The molecule has 0 saturated carbocycles. The molecule has 2 heterocycles. The summed E-state index contributed by atoms with van der Waals surface area (Å²) < 4.78 is 1.62. The van der Waals surface area contributed by atoms with Crippen LogP contribution in [0, 0.1) is 6.92 Å². The van der Waals surface area contributed by atoms with Crippen LogP contribution in [0.3, 0.4) is 0 Å². The number of rotatable bonds is 2. The standard InChI is InChI=1S/C14H13N5O/c1-10-7-8-19-12(9-10)16-13(18-19)17-14(20)15-11-5-3-2-4-6-11/h2-9H,1H3,(H2,15,17,18,20). The summed E-state index contributed by atoms with van der Waals surface area (Å²) in [5.74, 6) is 0.268. The Morgan fingerprint density at radius 2 is 1.95 bits per heavy atom. The van der Waals surface area contributed by atoms with Crippen LogP contribution < -0.4 is 10.6 Å². The summed E-state index contributed by atoms with van der Waals surface area (Å²) in [4.78, 5) is 16.0. The van der Waals surface area contributed by atoms with E-state index < -0.39 is 0 Å². The molecule has 0 radical (unpaired) electrons. The van der Waals surface area contributed by atoms with Crippen molar-refractivity contribution in [3.8, 4) is 0 Å². The second-order valence-electron chi connectivity index (χ2n) is 4.39. The van der Waals surface area contributed by atoms with E-state index in [9.17, 15) is 4.79 Å². The molecule has 0 aliphatic heterocycles. The summed E-state index contributed by atoms with van der Waals surface area (Å²) >= 11 is 0. The number of fused-ring (bicyclic) bond motifs is 1. The van der Waals surface area contributed by atoms with Gasteiger partial charge in [0.2, 0.25) is 0 Å². The van der Waals surface area contributed by atoms with Crippen molar-refractivity contribution >= 4 is 23.3 Å². The van der Waals surface area contributed by atoms with Gasteiger partial charge in [-0.15, -0.1) is 5.10 Å². The molecule has 2 amide bonds. The van der Waals surface area contributed by atoms with Gasteiger partial charge in [0.1, 0.15) is 0 Å². The van der Waals surface area contributed by atoms with Crippen LogP contribution in [-0.4, -0.2) is 20.6 Å². The number of urea groups is 1. The lowest BCUT2D eigenvalue weighted by molar-refractivity contribution is 0.262. The maximum Gasteiger partial charge on any atom is 0.326 e. The third-order valence-electron chi connectivity index (χ3n) is 2.75.